The van der Waals surface area contributed by atoms with Crippen molar-refractivity contribution in [3.05, 3.63) is 39.7 Å². The zero-order valence-electron chi connectivity index (χ0n) is 12.7. The molecule has 4 rings (SSSR count). The first-order valence-electron chi connectivity index (χ1n) is 7.27. The summed E-state index contributed by atoms with van der Waals surface area (Å²) in [5.41, 5.74) is 0. The summed E-state index contributed by atoms with van der Waals surface area (Å²) in [7, 11) is 0. The highest BCUT2D eigenvalue weighted by Crippen LogP contribution is 2.36. The number of nitrogens with one attached hydrogen (secondary N) is 1. The van der Waals surface area contributed by atoms with Gasteiger partial charge >= 0.3 is 0 Å². The number of anilines is 1. The van der Waals surface area contributed by atoms with E-state index in [0.29, 0.717) is 0 Å². The zero-order chi connectivity index (χ0) is 16.4. The lowest BCUT2D eigenvalue weighted by molar-refractivity contribution is 0.978. The number of nitrogens with zero attached hydrogens (tertiary/aromatic N) is 4. The number of rotatable bonds is 6. The predicted molar refractivity (Wildman–Crippen MR) is 103 cm³/mol. The number of hydrogen-bond donors (Lipinski definition) is 1. The van der Waals surface area contributed by atoms with E-state index in [2.05, 4.69) is 56.0 Å². The van der Waals surface area contributed by atoms with Crippen molar-refractivity contribution in [2.75, 3.05) is 11.9 Å². The molecule has 9 heteroatoms. The minimum Gasteiger partial charge on any atom is -0.360 e. The Morgan fingerprint density at radius 1 is 1.21 bits per heavy atom. The number of thiophene rings is 2. The van der Waals surface area contributed by atoms with Gasteiger partial charge in [-0.25, -0.2) is 9.97 Å². The summed E-state index contributed by atoms with van der Waals surface area (Å²) in [6, 6.07) is 6.36. The quantitative estimate of drug-likeness (QED) is 0.480. The van der Waals surface area contributed by atoms with Gasteiger partial charge in [0.15, 0.2) is 4.34 Å². The van der Waals surface area contributed by atoms with Crippen LogP contribution in [0.4, 0.5) is 5.13 Å². The Bertz CT molecular complexity index is 944. The maximum Gasteiger partial charge on any atom is 0.206 e. The van der Waals surface area contributed by atoms with Crippen molar-refractivity contribution >= 4 is 61.1 Å². The van der Waals surface area contributed by atoms with Gasteiger partial charge in [-0.05, 0) is 42.6 Å². The standard InChI is InChI=1S/C15H13N5S4/c1-9-7-11-12(22-9)17-8-18-13(11)23-15-20-19-14(24-15)16-5-4-10-3-2-6-21-10/h2-3,6-8H,4-5H2,1H3,(H,16,19). The van der Waals surface area contributed by atoms with Gasteiger partial charge in [-0.15, -0.1) is 32.9 Å². The lowest BCUT2D eigenvalue weighted by Gasteiger charge is -1.99. The highest BCUT2D eigenvalue weighted by atomic mass is 32.2. The number of aromatic nitrogens is 4. The van der Waals surface area contributed by atoms with Gasteiger partial charge in [0, 0.05) is 21.7 Å². The van der Waals surface area contributed by atoms with Crippen LogP contribution < -0.4 is 5.32 Å². The van der Waals surface area contributed by atoms with E-state index in [-0.39, 0.29) is 0 Å². The summed E-state index contributed by atoms with van der Waals surface area (Å²) < 4.78 is 0.887. The first-order valence-corrected chi connectivity index (χ1v) is 10.6. The van der Waals surface area contributed by atoms with E-state index >= 15 is 0 Å². The average Bonchev–Trinajstić information content (AvgIpc) is 3.28. The first kappa shape index (κ1) is 15.9. The second kappa shape index (κ2) is 7.14. The van der Waals surface area contributed by atoms with E-state index in [1.165, 1.54) is 9.75 Å². The van der Waals surface area contributed by atoms with Crippen LogP contribution in [0, 0.1) is 6.92 Å². The second-order valence-electron chi connectivity index (χ2n) is 4.99. The fourth-order valence-corrected chi connectivity index (χ4v) is 5.56. The Kier molecular flexibility index (Phi) is 4.74. The molecule has 0 saturated heterocycles. The third-order valence-electron chi connectivity index (χ3n) is 3.23. The van der Waals surface area contributed by atoms with Crippen molar-refractivity contribution in [1.29, 1.82) is 0 Å². The Morgan fingerprint density at radius 2 is 2.17 bits per heavy atom. The van der Waals surface area contributed by atoms with Gasteiger partial charge in [0.25, 0.3) is 0 Å². The minimum absolute atomic E-state index is 0.848. The van der Waals surface area contributed by atoms with E-state index in [1.54, 1.807) is 52.1 Å². The van der Waals surface area contributed by atoms with E-state index in [4.69, 9.17) is 0 Å². The fraction of sp³-hybridized carbons (Fsp3) is 0.200. The third-order valence-corrected chi connectivity index (χ3v) is 7.08. The van der Waals surface area contributed by atoms with E-state index in [0.717, 1.165) is 37.7 Å². The average molecular weight is 392 g/mol. The topological polar surface area (TPSA) is 63.6 Å². The van der Waals surface area contributed by atoms with Crippen LogP contribution >= 0.6 is 45.8 Å². The molecule has 0 bridgehead atoms. The van der Waals surface area contributed by atoms with Crippen molar-refractivity contribution in [2.24, 2.45) is 0 Å². The Hall–Kier alpha value is -1.55. The first-order chi connectivity index (χ1) is 11.8. The molecule has 0 aliphatic carbocycles. The largest absolute Gasteiger partial charge is 0.360 e. The monoisotopic (exact) mass is 391 g/mol. The Morgan fingerprint density at radius 3 is 3.04 bits per heavy atom. The molecule has 4 aromatic heterocycles. The molecule has 0 aromatic carbocycles. The molecule has 1 N–H and O–H groups in total. The summed E-state index contributed by atoms with van der Waals surface area (Å²) in [6.45, 7) is 2.95. The van der Waals surface area contributed by atoms with E-state index in [9.17, 15) is 0 Å². The van der Waals surface area contributed by atoms with Gasteiger partial charge in [-0.3, -0.25) is 0 Å². The van der Waals surface area contributed by atoms with Crippen LogP contribution in [0.5, 0.6) is 0 Å². The summed E-state index contributed by atoms with van der Waals surface area (Å²) in [4.78, 5) is 12.4. The maximum atomic E-state index is 4.40. The summed E-state index contributed by atoms with van der Waals surface area (Å²) in [5, 5.41) is 16.8. The lowest BCUT2D eigenvalue weighted by Crippen LogP contribution is -2.03. The zero-order valence-corrected chi connectivity index (χ0v) is 16.0. The van der Waals surface area contributed by atoms with Crippen LogP contribution in [-0.2, 0) is 6.42 Å². The van der Waals surface area contributed by atoms with Crippen LogP contribution in [0.15, 0.2) is 39.3 Å². The van der Waals surface area contributed by atoms with Gasteiger partial charge in [0.2, 0.25) is 5.13 Å². The molecule has 4 heterocycles. The molecule has 4 aromatic rings. The SMILES string of the molecule is Cc1cc2c(Sc3nnc(NCCc4cccs4)s3)ncnc2s1. The van der Waals surface area contributed by atoms with Gasteiger partial charge in [-0.1, -0.05) is 17.4 Å². The van der Waals surface area contributed by atoms with Crippen molar-refractivity contribution in [3.63, 3.8) is 0 Å². The minimum atomic E-state index is 0.848. The number of hydrogen-bond acceptors (Lipinski definition) is 9. The van der Waals surface area contributed by atoms with Crippen LogP contribution in [0.1, 0.15) is 9.75 Å². The molecule has 0 fully saturated rings. The highest BCUT2D eigenvalue weighted by molar-refractivity contribution is 8.01. The molecule has 5 nitrogen and oxygen atoms in total. The summed E-state index contributed by atoms with van der Waals surface area (Å²) in [5.74, 6) is 0. The molecule has 0 saturated carbocycles. The molecule has 0 aliphatic rings. The smallest absolute Gasteiger partial charge is 0.206 e. The van der Waals surface area contributed by atoms with Gasteiger partial charge in [0.1, 0.15) is 16.2 Å². The van der Waals surface area contributed by atoms with Crippen molar-refractivity contribution in [3.8, 4) is 0 Å². The van der Waals surface area contributed by atoms with Gasteiger partial charge < -0.3 is 5.32 Å². The summed E-state index contributed by atoms with van der Waals surface area (Å²) >= 11 is 6.56. The fourth-order valence-electron chi connectivity index (χ4n) is 2.19. The predicted octanol–water partition coefficient (Wildman–Crippen LogP) is 4.72. The van der Waals surface area contributed by atoms with Crippen LogP contribution in [0.25, 0.3) is 10.2 Å². The molecule has 0 aliphatic heterocycles. The van der Waals surface area contributed by atoms with Crippen LogP contribution in [-0.4, -0.2) is 26.7 Å². The molecule has 0 unspecified atom stereocenters. The molecule has 0 amide bonds. The number of fused-ring (bicyclic) bond motifs is 1. The molecule has 24 heavy (non-hydrogen) atoms. The Labute approximate surface area is 155 Å². The van der Waals surface area contributed by atoms with Gasteiger partial charge in [0.05, 0.1) is 0 Å². The molecule has 122 valence electrons. The highest BCUT2D eigenvalue weighted by Gasteiger charge is 2.12. The number of aryl methyl sites for hydroxylation is 1. The van der Waals surface area contributed by atoms with Crippen molar-refractivity contribution in [2.45, 2.75) is 22.7 Å². The van der Waals surface area contributed by atoms with Crippen molar-refractivity contribution < 1.29 is 0 Å². The van der Waals surface area contributed by atoms with Gasteiger partial charge in [-0.2, -0.15) is 0 Å². The molecular weight excluding hydrogens is 378 g/mol. The molecule has 0 spiro atoms. The molecule has 0 atom stereocenters. The lowest BCUT2D eigenvalue weighted by atomic mass is 10.3. The van der Waals surface area contributed by atoms with E-state index < -0.39 is 0 Å². The second-order valence-corrected chi connectivity index (χ2v) is 9.47. The molecule has 0 radical (unpaired) electrons. The summed E-state index contributed by atoms with van der Waals surface area (Å²) in [6.07, 6.45) is 2.61. The normalized spacial score (nSPS) is 11.2. The third kappa shape index (κ3) is 3.59. The van der Waals surface area contributed by atoms with Crippen LogP contribution in [0.3, 0.4) is 0 Å². The Balaban J connectivity index is 1.42. The maximum absolute atomic E-state index is 4.40. The van der Waals surface area contributed by atoms with E-state index in [1.807, 2.05) is 0 Å². The van der Waals surface area contributed by atoms with Crippen molar-refractivity contribution in [1.82, 2.24) is 20.2 Å². The van der Waals surface area contributed by atoms with Crippen LogP contribution in [0.2, 0.25) is 0 Å². The molecular formula is C15H13N5S4.